The van der Waals surface area contributed by atoms with Crippen LogP contribution in [0.3, 0.4) is 0 Å². The van der Waals surface area contributed by atoms with Crippen LogP contribution in [0.1, 0.15) is 12.8 Å². The molecular weight excluding hydrogens is 119 g/mol. The van der Waals surface area contributed by atoms with E-state index in [0.717, 1.165) is 0 Å². The molecule has 0 atom stereocenters. The molecule has 42 valence electrons. The molecular formula is C3H5FO2S. The molecule has 1 rings (SSSR count). The number of hydrogen-bond donors (Lipinski definition) is 0. The van der Waals surface area contributed by atoms with Gasteiger partial charge in [0, 0.05) is 0 Å². The van der Waals surface area contributed by atoms with Crippen molar-refractivity contribution in [2.75, 3.05) is 0 Å². The maximum atomic E-state index is 11.5. The van der Waals surface area contributed by atoms with Gasteiger partial charge in [-0.05, 0) is 12.8 Å². The lowest BCUT2D eigenvalue weighted by atomic mass is 11.0. The monoisotopic (exact) mass is 124 g/mol. The Kier molecular flexibility index (Phi) is 0.849. The molecule has 0 aromatic heterocycles. The summed E-state index contributed by atoms with van der Waals surface area (Å²) in [7, 11) is -4.13. The Balaban J connectivity index is 2.71. The molecule has 0 saturated heterocycles. The Hall–Kier alpha value is -0.120. The van der Waals surface area contributed by atoms with Gasteiger partial charge in [0.25, 0.3) is 0 Å². The van der Waals surface area contributed by atoms with Crippen molar-refractivity contribution in [3.05, 3.63) is 0 Å². The van der Waals surface area contributed by atoms with Crippen LogP contribution in [0.5, 0.6) is 0 Å². The van der Waals surface area contributed by atoms with Gasteiger partial charge >= 0.3 is 10.2 Å². The standard InChI is InChI=1S/C3H5FO2S/c4-7(5,6)3-1-2-3/h3H,1-2H2. The molecule has 0 aromatic carbocycles. The first-order valence-corrected chi connectivity index (χ1v) is 3.49. The largest absolute Gasteiger partial charge is 0.305 e. The van der Waals surface area contributed by atoms with Crippen molar-refractivity contribution in [3.63, 3.8) is 0 Å². The molecule has 0 aromatic rings. The summed E-state index contributed by atoms with van der Waals surface area (Å²) in [6.45, 7) is 0. The van der Waals surface area contributed by atoms with E-state index in [1.165, 1.54) is 0 Å². The molecule has 0 radical (unpaired) electrons. The van der Waals surface area contributed by atoms with E-state index >= 15 is 0 Å². The summed E-state index contributed by atoms with van der Waals surface area (Å²) in [5.41, 5.74) is 0. The topological polar surface area (TPSA) is 34.1 Å². The van der Waals surface area contributed by atoms with Crippen molar-refractivity contribution >= 4 is 10.2 Å². The van der Waals surface area contributed by atoms with E-state index < -0.39 is 15.5 Å². The van der Waals surface area contributed by atoms with E-state index in [9.17, 15) is 12.3 Å². The van der Waals surface area contributed by atoms with Gasteiger partial charge in [-0.1, -0.05) is 0 Å². The van der Waals surface area contributed by atoms with Gasteiger partial charge in [-0.15, -0.1) is 3.89 Å². The van der Waals surface area contributed by atoms with Crippen molar-refractivity contribution in [2.45, 2.75) is 18.1 Å². The molecule has 1 aliphatic rings. The summed E-state index contributed by atoms with van der Waals surface area (Å²) in [5, 5.41) is -0.646. The van der Waals surface area contributed by atoms with Crippen LogP contribution in [0.15, 0.2) is 0 Å². The van der Waals surface area contributed by atoms with Crippen LogP contribution in [0.2, 0.25) is 0 Å². The Bertz CT molecular complexity index is 156. The van der Waals surface area contributed by atoms with Gasteiger partial charge in [0.2, 0.25) is 0 Å². The summed E-state index contributed by atoms with van der Waals surface area (Å²) in [6.07, 6.45) is 1.03. The molecule has 0 spiro atoms. The molecule has 0 bridgehead atoms. The van der Waals surface area contributed by atoms with E-state index in [2.05, 4.69) is 0 Å². The first-order chi connectivity index (χ1) is 3.11. The second-order valence-electron chi connectivity index (χ2n) is 1.67. The maximum Gasteiger partial charge on any atom is 0.305 e. The highest BCUT2D eigenvalue weighted by Gasteiger charge is 2.35. The predicted octanol–water partition coefficient (Wildman–Crippen LogP) is 0.448. The third-order valence-electron chi connectivity index (χ3n) is 0.923. The summed E-state index contributed by atoms with van der Waals surface area (Å²) >= 11 is 0. The Morgan fingerprint density at radius 2 is 1.86 bits per heavy atom. The van der Waals surface area contributed by atoms with Crippen LogP contribution in [-0.2, 0) is 10.2 Å². The van der Waals surface area contributed by atoms with Gasteiger partial charge in [-0.2, -0.15) is 8.42 Å². The molecule has 0 N–H and O–H groups in total. The van der Waals surface area contributed by atoms with Gasteiger partial charge in [0.15, 0.2) is 0 Å². The van der Waals surface area contributed by atoms with Gasteiger partial charge < -0.3 is 0 Å². The minimum Gasteiger partial charge on any atom is -0.195 e. The summed E-state index contributed by atoms with van der Waals surface area (Å²) in [4.78, 5) is 0. The third-order valence-corrected chi connectivity index (χ3v) is 2.19. The second-order valence-corrected chi connectivity index (χ2v) is 3.29. The average Bonchev–Trinajstić information content (AvgIpc) is 1.99. The summed E-state index contributed by atoms with van der Waals surface area (Å²) in [6, 6.07) is 0. The summed E-state index contributed by atoms with van der Waals surface area (Å²) < 4.78 is 31.0. The molecule has 0 amide bonds. The Morgan fingerprint density at radius 3 is 1.86 bits per heavy atom. The van der Waals surface area contributed by atoms with E-state index in [1.54, 1.807) is 0 Å². The van der Waals surface area contributed by atoms with Crippen LogP contribution in [-0.4, -0.2) is 13.7 Å². The lowest BCUT2D eigenvalue weighted by Crippen LogP contribution is -1.95. The maximum absolute atomic E-state index is 11.5. The van der Waals surface area contributed by atoms with Crippen molar-refractivity contribution in [1.82, 2.24) is 0 Å². The Morgan fingerprint density at radius 1 is 1.43 bits per heavy atom. The van der Waals surface area contributed by atoms with Gasteiger partial charge in [0.1, 0.15) is 0 Å². The van der Waals surface area contributed by atoms with Crippen LogP contribution >= 0.6 is 0 Å². The second kappa shape index (κ2) is 1.18. The van der Waals surface area contributed by atoms with Crippen molar-refractivity contribution in [1.29, 1.82) is 0 Å². The average molecular weight is 124 g/mol. The predicted molar refractivity (Wildman–Crippen MR) is 23.0 cm³/mol. The molecule has 0 heterocycles. The first-order valence-electron chi connectivity index (χ1n) is 2.04. The molecule has 2 nitrogen and oxygen atoms in total. The van der Waals surface area contributed by atoms with E-state index in [4.69, 9.17) is 0 Å². The van der Waals surface area contributed by atoms with Gasteiger partial charge in [-0.25, -0.2) is 0 Å². The molecule has 4 heteroatoms. The fraction of sp³-hybridized carbons (Fsp3) is 1.00. The van der Waals surface area contributed by atoms with Crippen molar-refractivity contribution in [2.24, 2.45) is 0 Å². The lowest BCUT2D eigenvalue weighted by Gasteiger charge is -1.79. The quantitative estimate of drug-likeness (QED) is 0.475. The van der Waals surface area contributed by atoms with Crippen LogP contribution < -0.4 is 0 Å². The molecule has 0 aliphatic heterocycles. The third kappa shape index (κ3) is 1.12. The van der Waals surface area contributed by atoms with Gasteiger partial charge in [-0.3, -0.25) is 0 Å². The zero-order valence-corrected chi connectivity index (χ0v) is 4.41. The zero-order chi connectivity index (χ0) is 5.49. The van der Waals surface area contributed by atoms with E-state index in [-0.39, 0.29) is 0 Å². The van der Waals surface area contributed by atoms with Crippen molar-refractivity contribution in [3.8, 4) is 0 Å². The number of rotatable bonds is 1. The van der Waals surface area contributed by atoms with Gasteiger partial charge in [0.05, 0.1) is 5.25 Å². The normalized spacial score (nSPS) is 22.4. The highest BCUT2D eigenvalue weighted by Crippen LogP contribution is 2.29. The smallest absolute Gasteiger partial charge is 0.195 e. The number of hydrogen-bond acceptors (Lipinski definition) is 2. The molecule has 1 saturated carbocycles. The van der Waals surface area contributed by atoms with Crippen LogP contribution in [0, 0.1) is 0 Å². The Labute approximate surface area is 41.5 Å². The highest BCUT2D eigenvalue weighted by molar-refractivity contribution is 7.87. The summed E-state index contributed by atoms with van der Waals surface area (Å²) in [5.74, 6) is 0. The molecule has 7 heavy (non-hydrogen) atoms. The lowest BCUT2D eigenvalue weighted by molar-refractivity contribution is 0.550. The minimum absolute atomic E-state index is 0.513. The SMILES string of the molecule is O=S(=O)(F)C1CC1. The first kappa shape index (κ1) is 5.03. The van der Waals surface area contributed by atoms with Crippen LogP contribution in [0.4, 0.5) is 3.89 Å². The number of halogens is 1. The molecule has 0 unspecified atom stereocenters. The molecule has 1 fully saturated rings. The van der Waals surface area contributed by atoms with E-state index in [0.29, 0.717) is 12.8 Å². The highest BCUT2D eigenvalue weighted by atomic mass is 32.3. The van der Waals surface area contributed by atoms with Crippen LogP contribution in [0.25, 0.3) is 0 Å². The zero-order valence-electron chi connectivity index (χ0n) is 3.59. The minimum atomic E-state index is -4.13. The molecule has 1 aliphatic carbocycles. The fourth-order valence-corrected chi connectivity index (χ4v) is 1.05. The fourth-order valence-electron chi connectivity index (χ4n) is 0.350. The van der Waals surface area contributed by atoms with Crippen molar-refractivity contribution < 1.29 is 12.3 Å². The van der Waals surface area contributed by atoms with E-state index in [1.807, 2.05) is 0 Å².